The topological polar surface area (TPSA) is 49.3 Å². The summed E-state index contributed by atoms with van der Waals surface area (Å²) < 4.78 is 11.8. The number of carbonyl (C=O) groups is 1. The molecule has 1 saturated heterocycles. The molecule has 0 aromatic heterocycles. The lowest BCUT2D eigenvalue weighted by Crippen LogP contribution is -2.14. The summed E-state index contributed by atoms with van der Waals surface area (Å²) in [5.41, 5.74) is 1.18. The second-order valence-corrected chi connectivity index (χ2v) is 3.68. The third-order valence-corrected chi connectivity index (χ3v) is 2.38. The van der Waals surface area contributed by atoms with Crippen molar-refractivity contribution in [3.8, 4) is 0 Å². The first-order valence-corrected chi connectivity index (χ1v) is 5.27. The Hall–Kier alpha value is -1.42. The van der Waals surface area contributed by atoms with E-state index >= 15 is 0 Å². The Kier molecular flexibility index (Phi) is 4.92. The molecule has 1 aliphatic heterocycles. The van der Waals surface area contributed by atoms with Crippen molar-refractivity contribution in [1.82, 2.24) is 5.32 Å². The standard InChI is InChI=1S/C8H8O2.C4H8FN/c1-6-4-2-3-5-7(6)8(9)10;5-4-2-1-3-6-4/h2-5H,1H3,(H,9,10);4,6H,1-3H2. The highest BCUT2D eigenvalue weighted by atomic mass is 19.1. The first-order valence-electron chi connectivity index (χ1n) is 5.27. The average molecular weight is 225 g/mol. The quantitative estimate of drug-likeness (QED) is 0.721. The molecule has 0 amide bonds. The van der Waals surface area contributed by atoms with Crippen molar-refractivity contribution in [2.75, 3.05) is 6.54 Å². The minimum atomic E-state index is -0.863. The maximum Gasteiger partial charge on any atom is 0.335 e. The van der Waals surface area contributed by atoms with Gasteiger partial charge in [-0.2, -0.15) is 0 Å². The Morgan fingerprint density at radius 1 is 1.50 bits per heavy atom. The zero-order valence-corrected chi connectivity index (χ0v) is 9.24. The van der Waals surface area contributed by atoms with Gasteiger partial charge in [-0.15, -0.1) is 0 Å². The van der Waals surface area contributed by atoms with E-state index in [9.17, 15) is 9.18 Å². The van der Waals surface area contributed by atoms with Crippen LogP contribution in [0.25, 0.3) is 0 Å². The second kappa shape index (κ2) is 6.23. The van der Waals surface area contributed by atoms with Crippen LogP contribution in [0.5, 0.6) is 0 Å². The molecule has 2 rings (SSSR count). The maximum atomic E-state index is 11.8. The molecule has 88 valence electrons. The van der Waals surface area contributed by atoms with E-state index in [4.69, 9.17) is 5.11 Å². The molecule has 16 heavy (non-hydrogen) atoms. The van der Waals surface area contributed by atoms with Gasteiger partial charge in [0.2, 0.25) is 0 Å². The van der Waals surface area contributed by atoms with E-state index in [1.54, 1.807) is 25.1 Å². The van der Waals surface area contributed by atoms with E-state index in [0.717, 1.165) is 18.5 Å². The van der Waals surface area contributed by atoms with Gasteiger partial charge in [-0.25, -0.2) is 9.18 Å². The summed E-state index contributed by atoms with van der Waals surface area (Å²) in [4.78, 5) is 10.4. The lowest BCUT2D eigenvalue weighted by atomic mass is 10.1. The summed E-state index contributed by atoms with van der Waals surface area (Å²) in [7, 11) is 0. The van der Waals surface area contributed by atoms with Crippen LogP contribution in [0.4, 0.5) is 4.39 Å². The molecular weight excluding hydrogens is 209 g/mol. The highest BCUT2D eigenvalue weighted by Crippen LogP contribution is 2.05. The minimum Gasteiger partial charge on any atom is -0.478 e. The smallest absolute Gasteiger partial charge is 0.335 e. The molecule has 1 aliphatic rings. The Morgan fingerprint density at radius 3 is 2.50 bits per heavy atom. The van der Waals surface area contributed by atoms with Gasteiger partial charge in [0.1, 0.15) is 0 Å². The summed E-state index contributed by atoms with van der Waals surface area (Å²) in [5, 5.41) is 11.2. The molecule has 1 heterocycles. The van der Waals surface area contributed by atoms with E-state index < -0.39 is 12.3 Å². The predicted molar refractivity (Wildman–Crippen MR) is 60.3 cm³/mol. The van der Waals surface area contributed by atoms with Crippen molar-refractivity contribution in [3.63, 3.8) is 0 Å². The number of rotatable bonds is 1. The maximum absolute atomic E-state index is 11.8. The van der Waals surface area contributed by atoms with E-state index in [2.05, 4.69) is 5.32 Å². The third-order valence-electron chi connectivity index (χ3n) is 2.38. The van der Waals surface area contributed by atoms with Crippen molar-refractivity contribution in [1.29, 1.82) is 0 Å². The van der Waals surface area contributed by atoms with Crippen molar-refractivity contribution < 1.29 is 14.3 Å². The van der Waals surface area contributed by atoms with Crippen LogP contribution in [0.3, 0.4) is 0 Å². The molecule has 1 fully saturated rings. The van der Waals surface area contributed by atoms with Gasteiger partial charge in [0.15, 0.2) is 6.30 Å². The number of halogens is 1. The fraction of sp³-hybridized carbons (Fsp3) is 0.417. The highest BCUT2D eigenvalue weighted by molar-refractivity contribution is 5.89. The zero-order chi connectivity index (χ0) is 12.0. The lowest BCUT2D eigenvalue weighted by molar-refractivity contribution is 0.0696. The van der Waals surface area contributed by atoms with Crippen LogP contribution in [-0.2, 0) is 0 Å². The van der Waals surface area contributed by atoms with Crippen LogP contribution in [0.15, 0.2) is 24.3 Å². The molecule has 1 atom stereocenters. The largest absolute Gasteiger partial charge is 0.478 e. The normalized spacial score (nSPS) is 18.8. The number of benzene rings is 1. The summed E-state index contributed by atoms with van der Waals surface area (Å²) >= 11 is 0. The van der Waals surface area contributed by atoms with E-state index in [1.807, 2.05) is 6.07 Å². The highest BCUT2D eigenvalue weighted by Gasteiger charge is 2.09. The number of alkyl halides is 1. The van der Waals surface area contributed by atoms with Gasteiger partial charge >= 0.3 is 5.97 Å². The molecule has 0 aliphatic carbocycles. The minimum absolute atomic E-state index is 0.377. The van der Waals surface area contributed by atoms with Gasteiger partial charge < -0.3 is 5.11 Å². The number of carboxylic acids is 1. The molecule has 2 N–H and O–H groups in total. The van der Waals surface area contributed by atoms with Crippen molar-refractivity contribution in [2.24, 2.45) is 0 Å². The summed E-state index contributed by atoms with van der Waals surface area (Å²) in [5.74, 6) is -0.863. The summed E-state index contributed by atoms with van der Waals surface area (Å²) in [6.45, 7) is 2.64. The Labute approximate surface area is 94.3 Å². The molecule has 0 bridgehead atoms. The number of hydrogen-bond donors (Lipinski definition) is 2. The summed E-state index contributed by atoms with van der Waals surface area (Å²) in [6.07, 6.45) is 1.01. The van der Waals surface area contributed by atoms with E-state index in [1.165, 1.54) is 0 Å². The van der Waals surface area contributed by atoms with Crippen molar-refractivity contribution >= 4 is 5.97 Å². The fourth-order valence-electron chi connectivity index (χ4n) is 1.45. The van der Waals surface area contributed by atoms with Gasteiger partial charge in [-0.3, -0.25) is 5.32 Å². The number of carboxylic acid groups (broad SMARTS) is 1. The van der Waals surface area contributed by atoms with Crippen LogP contribution >= 0.6 is 0 Å². The summed E-state index contributed by atoms with van der Waals surface area (Å²) in [6, 6.07) is 6.92. The van der Waals surface area contributed by atoms with Crippen LogP contribution < -0.4 is 5.32 Å². The van der Waals surface area contributed by atoms with Crippen LogP contribution in [-0.4, -0.2) is 23.9 Å². The van der Waals surface area contributed by atoms with Crippen LogP contribution in [0, 0.1) is 6.92 Å². The van der Waals surface area contributed by atoms with E-state index in [0.29, 0.717) is 12.0 Å². The lowest BCUT2D eigenvalue weighted by Gasteiger charge is -1.96. The molecular formula is C12H16FNO2. The van der Waals surface area contributed by atoms with Gasteiger partial charge in [-0.1, -0.05) is 18.2 Å². The SMILES string of the molecule is Cc1ccccc1C(=O)O.FC1CCCN1. The average Bonchev–Trinajstić information content (AvgIpc) is 2.70. The molecule has 1 aromatic carbocycles. The predicted octanol–water partition coefficient (Wildman–Crippen LogP) is 2.36. The first-order chi connectivity index (χ1) is 7.61. The van der Waals surface area contributed by atoms with Crippen LogP contribution in [0.2, 0.25) is 0 Å². The zero-order valence-electron chi connectivity index (χ0n) is 9.24. The Bertz CT molecular complexity index is 349. The number of aromatic carboxylic acids is 1. The monoisotopic (exact) mass is 225 g/mol. The molecule has 0 spiro atoms. The van der Waals surface area contributed by atoms with Gasteiger partial charge in [-0.05, 0) is 37.9 Å². The molecule has 1 unspecified atom stereocenters. The Morgan fingerprint density at radius 2 is 2.19 bits per heavy atom. The third kappa shape index (κ3) is 3.98. The first kappa shape index (κ1) is 12.6. The van der Waals surface area contributed by atoms with Crippen molar-refractivity contribution in [3.05, 3.63) is 35.4 Å². The molecule has 0 saturated carbocycles. The number of aryl methyl sites for hydroxylation is 1. The number of hydrogen-bond acceptors (Lipinski definition) is 2. The van der Waals surface area contributed by atoms with Crippen molar-refractivity contribution in [2.45, 2.75) is 26.1 Å². The molecule has 3 nitrogen and oxygen atoms in total. The van der Waals surface area contributed by atoms with Crippen LogP contribution in [0.1, 0.15) is 28.8 Å². The van der Waals surface area contributed by atoms with Gasteiger partial charge in [0.05, 0.1) is 5.56 Å². The van der Waals surface area contributed by atoms with Gasteiger partial charge in [0, 0.05) is 0 Å². The molecule has 1 aromatic rings. The fourth-order valence-corrected chi connectivity index (χ4v) is 1.45. The molecule has 0 radical (unpaired) electrons. The molecule has 4 heteroatoms. The number of nitrogens with one attached hydrogen (secondary N) is 1. The van der Waals surface area contributed by atoms with E-state index in [-0.39, 0.29) is 0 Å². The Balaban J connectivity index is 0.000000181. The van der Waals surface area contributed by atoms with Gasteiger partial charge in [0.25, 0.3) is 0 Å². The second-order valence-electron chi connectivity index (χ2n) is 3.68.